The summed E-state index contributed by atoms with van der Waals surface area (Å²) in [6.45, 7) is 7.71. The third kappa shape index (κ3) is 6.59. The van der Waals surface area contributed by atoms with E-state index in [2.05, 4.69) is 15.6 Å². The number of halogens is 1. The fourth-order valence-electron chi connectivity index (χ4n) is 2.60. The summed E-state index contributed by atoms with van der Waals surface area (Å²) in [5, 5.41) is 11.1. The van der Waals surface area contributed by atoms with E-state index < -0.39 is 6.29 Å². The van der Waals surface area contributed by atoms with Gasteiger partial charge >= 0.3 is 0 Å². The normalized spacial score (nSPS) is 11.0. The molecule has 0 bridgehead atoms. The molecule has 29 heavy (non-hydrogen) atoms. The van der Waals surface area contributed by atoms with Crippen LogP contribution in [-0.4, -0.2) is 54.1 Å². The Labute approximate surface area is 175 Å². The molecule has 1 amide bonds. The van der Waals surface area contributed by atoms with E-state index in [-0.39, 0.29) is 18.1 Å². The van der Waals surface area contributed by atoms with Gasteiger partial charge in [-0.05, 0) is 38.5 Å². The molecule has 0 fully saturated rings. The molecule has 160 valence electrons. The van der Waals surface area contributed by atoms with Crippen molar-refractivity contribution < 1.29 is 23.7 Å². The van der Waals surface area contributed by atoms with Crippen molar-refractivity contribution in [3.63, 3.8) is 0 Å². The lowest BCUT2D eigenvalue weighted by atomic mass is 10.2. The van der Waals surface area contributed by atoms with Gasteiger partial charge in [0.1, 0.15) is 0 Å². The largest absolute Gasteiger partial charge is 0.493 e. The summed E-state index contributed by atoms with van der Waals surface area (Å²) >= 11 is 6.26. The molecule has 0 saturated heterocycles. The Bertz CT molecular complexity index is 793. The molecule has 9 nitrogen and oxygen atoms in total. The van der Waals surface area contributed by atoms with Gasteiger partial charge in [-0.1, -0.05) is 16.8 Å². The Morgan fingerprint density at radius 1 is 1.21 bits per heavy atom. The number of benzene rings is 1. The molecule has 1 N–H and O–H groups in total. The van der Waals surface area contributed by atoms with Gasteiger partial charge in [0.05, 0.1) is 31.5 Å². The average Bonchev–Trinajstić information content (AvgIpc) is 3.17. The number of aromatic nitrogens is 3. The highest BCUT2D eigenvalue weighted by Crippen LogP contribution is 2.36. The van der Waals surface area contributed by atoms with Crippen LogP contribution >= 0.6 is 11.6 Å². The lowest BCUT2D eigenvalue weighted by Crippen LogP contribution is -2.24. The minimum absolute atomic E-state index is 0.195. The van der Waals surface area contributed by atoms with Crippen molar-refractivity contribution >= 4 is 17.5 Å². The maximum Gasteiger partial charge on any atom is 0.273 e. The van der Waals surface area contributed by atoms with E-state index in [1.807, 2.05) is 20.8 Å². The summed E-state index contributed by atoms with van der Waals surface area (Å²) in [7, 11) is 1.53. The van der Waals surface area contributed by atoms with E-state index in [1.54, 1.807) is 18.3 Å². The Hall–Kier alpha value is -2.36. The standard InChI is InChI=1S/C19H27ClN4O5/c1-5-27-17(28-6-2)12-24-11-15(22-23-24)19(25)21-10-13-8-14(20)18(29-7-3)16(9-13)26-4/h8-9,11,17H,5-7,10,12H2,1-4H3,(H,21,25). The molecule has 1 aromatic heterocycles. The van der Waals surface area contributed by atoms with E-state index in [4.69, 9.17) is 30.5 Å². The molecule has 0 aliphatic carbocycles. The maximum atomic E-state index is 12.4. The Morgan fingerprint density at radius 3 is 2.55 bits per heavy atom. The zero-order chi connectivity index (χ0) is 21.2. The smallest absolute Gasteiger partial charge is 0.273 e. The summed E-state index contributed by atoms with van der Waals surface area (Å²) in [6, 6.07) is 3.49. The summed E-state index contributed by atoms with van der Waals surface area (Å²) < 4.78 is 23.3. The van der Waals surface area contributed by atoms with Crippen LogP contribution < -0.4 is 14.8 Å². The van der Waals surface area contributed by atoms with Crippen LogP contribution in [0.5, 0.6) is 11.5 Å². The van der Waals surface area contributed by atoms with Crippen LogP contribution in [0.1, 0.15) is 36.8 Å². The van der Waals surface area contributed by atoms with E-state index in [1.165, 1.54) is 11.8 Å². The number of carbonyl (C=O) groups is 1. The van der Waals surface area contributed by atoms with Crippen LogP contribution in [-0.2, 0) is 22.6 Å². The molecule has 0 aliphatic rings. The van der Waals surface area contributed by atoms with Crippen molar-refractivity contribution in [1.29, 1.82) is 0 Å². The monoisotopic (exact) mass is 426 g/mol. The van der Waals surface area contributed by atoms with Gasteiger partial charge < -0.3 is 24.3 Å². The second-order valence-corrected chi connectivity index (χ2v) is 6.30. The molecule has 0 spiro atoms. The SMILES string of the molecule is CCOc1c(Cl)cc(CNC(=O)c2cn(CC(OCC)OCC)nn2)cc1OC. The maximum absolute atomic E-state index is 12.4. The zero-order valence-electron chi connectivity index (χ0n) is 17.1. The Balaban J connectivity index is 1.99. The van der Waals surface area contributed by atoms with Gasteiger partial charge in [-0.15, -0.1) is 5.10 Å². The van der Waals surface area contributed by atoms with Crippen molar-refractivity contribution in [2.75, 3.05) is 26.9 Å². The van der Waals surface area contributed by atoms with E-state index in [0.29, 0.717) is 42.9 Å². The molecule has 0 aliphatic heterocycles. The van der Waals surface area contributed by atoms with Crippen LogP contribution in [0.4, 0.5) is 0 Å². The topological polar surface area (TPSA) is 96.7 Å². The molecule has 1 heterocycles. The fraction of sp³-hybridized carbons (Fsp3) is 0.526. The molecule has 2 aromatic rings. The van der Waals surface area contributed by atoms with E-state index in [9.17, 15) is 4.79 Å². The number of amides is 1. The van der Waals surface area contributed by atoms with Crippen molar-refractivity contribution in [2.24, 2.45) is 0 Å². The van der Waals surface area contributed by atoms with Crippen molar-refractivity contribution in [1.82, 2.24) is 20.3 Å². The summed E-state index contributed by atoms with van der Waals surface area (Å²) in [5.74, 6) is 0.630. The van der Waals surface area contributed by atoms with Gasteiger partial charge in [-0.25, -0.2) is 4.68 Å². The molecule has 10 heteroatoms. The first-order valence-corrected chi connectivity index (χ1v) is 9.80. The fourth-order valence-corrected chi connectivity index (χ4v) is 2.89. The number of hydrogen-bond donors (Lipinski definition) is 1. The van der Waals surface area contributed by atoms with Gasteiger partial charge in [0.2, 0.25) is 0 Å². The lowest BCUT2D eigenvalue weighted by Gasteiger charge is -2.16. The molecule has 2 rings (SSSR count). The number of hydrogen-bond acceptors (Lipinski definition) is 7. The van der Waals surface area contributed by atoms with Crippen molar-refractivity contribution in [2.45, 2.75) is 40.2 Å². The summed E-state index contributed by atoms with van der Waals surface area (Å²) in [6.07, 6.45) is 1.10. The van der Waals surface area contributed by atoms with Crippen LogP contribution in [0.3, 0.4) is 0 Å². The quantitative estimate of drug-likeness (QED) is 0.521. The molecule has 1 aromatic carbocycles. The first-order valence-electron chi connectivity index (χ1n) is 9.43. The summed E-state index contributed by atoms with van der Waals surface area (Å²) in [4.78, 5) is 12.4. The van der Waals surface area contributed by atoms with Gasteiger partial charge in [-0.3, -0.25) is 4.79 Å². The van der Waals surface area contributed by atoms with Gasteiger partial charge in [-0.2, -0.15) is 0 Å². The number of rotatable bonds is 12. The highest BCUT2D eigenvalue weighted by Gasteiger charge is 2.16. The van der Waals surface area contributed by atoms with Crippen LogP contribution in [0, 0.1) is 0 Å². The summed E-state index contributed by atoms with van der Waals surface area (Å²) in [5.41, 5.74) is 0.963. The van der Waals surface area contributed by atoms with Crippen molar-refractivity contribution in [3.05, 3.63) is 34.6 Å². The predicted octanol–water partition coefficient (Wildman–Crippen LogP) is 2.67. The number of carbonyl (C=O) groups excluding carboxylic acids is 1. The first kappa shape index (κ1) is 22.9. The van der Waals surface area contributed by atoms with Gasteiger partial charge in [0.15, 0.2) is 23.5 Å². The molecular weight excluding hydrogens is 400 g/mol. The highest BCUT2D eigenvalue weighted by atomic mass is 35.5. The number of nitrogens with zero attached hydrogens (tertiary/aromatic N) is 3. The minimum Gasteiger partial charge on any atom is -0.493 e. The Kier molecular flexibility index (Phi) is 9.17. The predicted molar refractivity (Wildman–Crippen MR) is 107 cm³/mol. The average molecular weight is 427 g/mol. The second-order valence-electron chi connectivity index (χ2n) is 5.89. The first-order chi connectivity index (χ1) is 14.0. The van der Waals surface area contributed by atoms with Crippen LogP contribution in [0.15, 0.2) is 18.3 Å². The number of ether oxygens (including phenoxy) is 4. The molecule has 0 atom stereocenters. The number of nitrogens with one attached hydrogen (secondary N) is 1. The second kappa shape index (κ2) is 11.6. The third-order valence-corrected chi connectivity index (χ3v) is 4.12. The molecule has 0 radical (unpaired) electrons. The third-order valence-electron chi connectivity index (χ3n) is 3.84. The molecule has 0 unspecified atom stereocenters. The zero-order valence-corrected chi connectivity index (χ0v) is 17.9. The van der Waals surface area contributed by atoms with E-state index >= 15 is 0 Å². The lowest BCUT2D eigenvalue weighted by molar-refractivity contribution is -0.145. The van der Waals surface area contributed by atoms with Crippen molar-refractivity contribution in [3.8, 4) is 11.5 Å². The minimum atomic E-state index is -0.443. The number of methoxy groups -OCH3 is 1. The van der Waals surface area contributed by atoms with Crippen LogP contribution in [0.25, 0.3) is 0 Å². The highest BCUT2D eigenvalue weighted by molar-refractivity contribution is 6.32. The van der Waals surface area contributed by atoms with Gasteiger partial charge in [0.25, 0.3) is 5.91 Å². The molecular formula is C19H27ClN4O5. The van der Waals surface area contributed by atoms with Crippen LogP contribution in [0.2, 0.25) is 5.02 Å². The van der Waals surface area contributed by atoms with Gasteiger partial charge in [0, 0.05) is 19.8 Å². The van der Waals surface area contributed by atoms with E-state index in [0.717, 1.165) is 5.56 Å². The molecule has 0 saturated carbocycles. The Morgan fingerprint density at radius 2 is 1.93 bits per heavy atom.